The first-order valence-corrected chi connectivity index (χ1v) is 9.06. The number of benzene rings is 2. The summed E-state index contributed by atoms with van der Waals surface area (Å²) >= 11 is 0. The van der Waals surface area contributed by atoms with Crippen LogP contribution in [0.5, 0.6) is 5.75 Å². The molecule has 0 aliphatic carbocycles. The second kappa shape index (κ2) is 9.32. The highest BCUT2D eigenvalue weighted by atomic mass is 16.5. The Morgan fingerprint density at radius 1 is 0.897 bits per heavy atom. The van der Waals surface area contributed by atoms with Gasteiger partial charge in [0.05, 0.1) is 6.61 Å². The molecule has 29 heavy (non-hydrogen) atoms. The van der Waals surface area contributed by atoms with E-state index in [-0.39, 0.29) is 17.5 Å². The summed E-state index contributed by atoms with van der Waals surface area (Å²) in [6, 6.07) is 17.5. The fraction of sp³-hybridized carbons (Fsp3) is 0.143. The smallest absolute Gasteiger partial charge is 0.276 e. The Morgan fingerprint density at radius 2 is 1.66 bits per heavy atom. The van der Waals surface area contributed by atoms with Crippen LogP contribution in [0.2, 0.25) is 0 Å². The van der Waals surface area contributed by atoms with Crippen LogP contribution in [0.25, 0.3) is 0 Å². The Balaban J connectivity index is 1.62. The number of carbonyl (C=O) groups excluding carboxylic acids is 2. The molecule has 3 N–H and O–H groups in total. The zero-order chi connectivity index (χ0) is 20.6. The lowest BCUT2D eigenvalue weighted by Crippen LogP contribution is -2.14. The third-order valence-corrected chi connectivity index (χ3v) is 3.78. The number of hydrogen-bond acceptors (Lipinski definition) is 6. The van der Waals surface area contributed by atoms with Crippen LogP contribution >= 0.6 is 0 Å². The zero-order valence-corrected chi connectivity index (χ0v) is 16.1. The highest BCUT2D eigenvalue weighted by Crippen LogP contribution is 2.19. The summed E-state index contributed by atoms with van der Waals surface area (Å²) in [5.41, 5.74) is 2.23. The van der Waals surface area contributed by atoms with Crippen molar-refractivity contribution in [2.75, 3.05) is 22.6 Å². The highest BCUT2D eigenvalue weighted by Gasteiger charge is 2.09. The monoisotopic (exact) mass is 391 g/mol. The standard InChI is InChI=1S/C21H21N5O3/c1-3-29-18-9-7-15(8-10-18)24-21(28)19-11-12-20(26-25-19)23-17-6-4-5-16(13-17)22-14(2)27/h4-13H,3H2,1-2H3,(H,22,27)(H,23,26)(H,24,28). The Hall–Kier alpha value is -3.94. The van der Waals surface area contributed by atoms with Gasteiger partial charge in [0, 0.05) is 24.0 Å². The molecule has 1 aromatic heterocycles. The van der Waals surface area contributed by atoms with E-state index in [4.69, 9.17) is 4.74 Å². The average molecular weight is 391 g/mol. The minimum atomic E-state index is -0.360. The molecule has 3 aromatic rings. The summed E-state index contributed by atoms with van der Waals surface area (Å²) in [6.45, 7) is 3.94. The van der Waals surface area contributed by atoms with E-state index in [1.807, 2.05) is 13.0 Å². The van der Waals surface area contributed by atoms with Crippen LogP contribution in [0, 0.1) is 0 Å². The molecule has 2 amide bonds. The van der Waals surface area contributed by atoms with E-state index in [1.54, 1.807) is 54.6 Å². The van der Waals surface area contributed by atoms with Gasteiger partial charge in [-0.2, -0.15) is 0 Å². The minimum Gasteiger partial charge on any atom is -0.494 e. The maximum Gasteiger partial charge on any atom is 0.276 e. The largest absolute Gasteiger partial charge is 0.494 e. The maximum absolute atomic E-state index is 12.3. The van der Waals surface area contributed by atoms with Crippen LogP contribution in [0.1, 0.15) is 24.3 Å². The van der Waals surface area contributed by atoms with Crippen molar-refractivity contribution >= 4 is 34.7 Å². The second-order valence-electron chi connectivity index (χ2n) is 6.10. The van der Waals surface area contributed by atoms with Gasteiger partial charge in [-0.1, -0.05) is 6.07 Å². The van der Waals surface area contributed by atoms with E-state index in [2.05, 4.69) is 26.1 Å². The normalized spacial score (nSPS) is 10.1. The van der Waals surface area contributed by atoms with Crippen molar-refractivity contribution in [2.24, 2.45) is 0 Å². The van der Waals surface area contributed by atoms with Crippen LogP contribution in [0.3, 0.4) is 0 Å². The van der Waals surface area contributed by atoms with E-state index in [0.717, 1.165) is 11.4 Å². The van der Waals surface area contributed by atoms with Gasteiger partial charge in [0.15, 0.2) is 11.5 Å². The quantitative estimate of drug-likeness (QED) is 0.565. The predicted molar refractivity (Wildman–Crippen MR) is 112 cm³/mol. The first-order valence-electron chi connectivity index (χ1n) is 9.06. The molecule has 8 heteroatoms. The maximum atomic E-state index is 12.3. The van der Waals surface area contributed by atoms with Crippen LogP contribution in [-0.4, -0.2) is 28.6 Å². The van der Waals surface area contributed by atoms with Crippen molar-refractivity contribution in [3.05, 3.63) is 66.4 Å². The number of rotatable bonds is 7. The molecule has 0 atom stereocenters. The third kappa shape index (κ3) is 5.77. The fourth-order valence-electron chi connectivity index (χ4n) is 2.54. The van der Waals surface area contributed by atoms with Gasteiger partial charge in [-0.3, -0.25) is 9.59 Å². The van der Waals surface area contributed by atoms with E-state index >= 15 is 0 Å². The van der Waals surface area contributed by atoms with Gasteiger partial charge in [-0.05, 0) is 61.5 Å². The van der Waals surface area contributed by atoms with E-state index < -0.39 is 0 Å². The highest BCUT2D eigenvalue weighted by molar-refractivity contribution is 6.02. The molecule has 0 saturated carbocycles. The Morgan fingerprint density at radius 3 is 2.31 bits per heavy atom. The molecule has 0 fully saturated rings. The lowest BCUT2D eigenvalue weighted by atomic mass is 10.2. The number of nitrogens with zero attached hydrogens (tertiary/aromatic N) is 2. The lowest BCUT2D eigenvalue weighted by molar-refractivity contribution is -0.114. The molecule has 0 aliphatic heterocycles. The number of carbonyl (C=O) groups is 2. The van der Waals surface area contributed by atoms with Crippen molar-refractivity contribution in [3.63, 3.8) is 0 Å². The second-order valence-corrected chi connectivity index (χ2v) is 6.10. The average Bonchev–Trinajstić information content (AvgIpc) is 2.70. The van der Waals surface area contributed by atoms with Crippen LogP contribution in [0.15, 0.2) is 60.7 Å². The number of hydrogen-bond donors (Lipinski definition) is 3. The predicted octanol–water partition coefficient (Wildman–Crippen LogP) is 3.83. The van der Waals surface area contributed by atoms with Crippen molar-refractivity contribution in [2.45, 2.75) is 13.8 Å². The van der Waals surface area contributed by atoms with Crippen LogP contribution < -0.4 is 20.7 Å². The SMILES string of the molecule is CCOc1ccc(NC(=O)c2ccc(Nc3cccc(NC(C)=O)c3)nn2)cc1. The van der Waals surface area contributed by atoms with Gasteiger partial charge in [-0.25, -0.2) is 0 Å². The number of nitrogens with one attached hydrogen (secondary N) is 3. The van der Waals surface area contributed by atoms with Gasteiger partial charge in [0.1, 0.15) is 5.75 Å². The molecule has 0 saturated heterocycles. The molecule has 148 valence electrons. The van der Waals surface area contributed by atoms with Crippen molar-refractivity contribution < 1.29 is 14.3 Å². The molecule has 1 heterocycles. The number of aromatic nitrogens is 2. The molecule has 3 rings (SSSR count). The Bertz CT molecular complexity index is 988. The Labute approximate surface area is 168 Å². The molecule has 8 nitrogen and oxygen atoms in total. The lowest BCUT2D eigenvalue weighted by Gasteiger charge is -2.09. The van der Waals surface area contributed by atoms with Crippen molar-refractivity contribution in [3.8, 4) is 5.75 Å². The molecule has 0 aliphatic rings. The molecule has 0 spiro atoms. The first kappa shape index (κ1) is 19.8. The summed E-state index contributed by atoms with van der Waals surface area (Å²) in [5, 5.41) is 16.6. The molecule has 0 unspecified atom stereocenters. The van der Waals surface area contributed by atoms with Crippen molar-refractivity contribution in [1.29, 1.82) is 0 Å². The van der Waals surface area contributed by atoms with E-state index in [1.165, 1.54) is 6.92 Å². The summed E-state index contributed by atoms with van der Waals surface area (Å²) in [4.78, 5) is 23.5. The number of amides is 2. The summed E-state index contributed by atoms with van der Waals surface area (Å²) in [5.74, 6) is 0.705. The fourth-order valence-corrected chi connectivity index (χ4v) is 2.54. The van der Waals surface area contributed by atoms with Crippen LogP contribution in [0.4, 0.5) is 22.9 Å². The molecular weight excluding hydrogens is 370 g/mol. The van der Waals surface area contributed by atoms with Gasteiger partial charge in [0.2, 0.25) is 5.91 Å². The van der Waals surface area contributed by atoms with Gasteiger partial charge in [0.25, 0.3) is 5.91 Å². The van der Waals surface area contributed by atoms with Gasteiger partial charge >= 0.3 is 0 Å². The van der Waals surface area contributed by atoms with E-state index in [9.17, 15) is 9.59 Å². The van der Waals surface area contributed by atoms with Crippen molar-refractivity contribution in [1.82, 2.24) is 10.2 Å². The molecule has 0 radical (unpaired) electrons. The third-order valence-electron chi connectivity index (χ3n) is 3.78. The topological polar surface area (TPSA) is 105 Å². The Kier molecular flexibility index (Phi) is 6.36. The van der Waals surface area contributed by atoms with Gasteiger partial charge in [-0.15, -0.1) is 10.2 Å². The van der Waals surface area contributed by atoms with Crippen LogP contribution in [-0.2, 0) is 4.79 Å². The number of ether oxygens (including phenoxy) is 1. The van der Waals surface area contributed by atoms with Gasteiger partial charge < -0.3 is 20.7 Å². The van der Waals surface area contributed by atoms with E-state index in [0.29, 0.717) is 23.8 Å². The first-order chi connectivity index (χ1) is 14.0. The summed E-state index contributed by atoms with van der Waals surface area (Å²) in [6.07, 6.45) is 0. The summed E-state index contributed by atoms with van der Waals surface area (Å²) < 4.78 is 5.38. The molecular formula is C21H21N5O3. The number of anilines is 4. The minimum absolute atomic E-state index is 0.148. The molecule has 2 aromatic carbocycles. The zero-order valence-electron chi connectivity index (χ0n) is 16.1. The molecule has 0 bridgehead atoms. The summed E-state index contributed by atoms with van der Waals surface area (Å²) in [7, 11) is 0.